The van der Waals surface area contributed by atoms with Crippen LogP contribution in [0.25, 0.3) is 28.2 Å². The Labute approximate surface area is 181 Å². The fourth-order valence-corrected chi connectivity index (χ4v) is 3.80. The molecule has 5 rings (SSSR count). The Balaban J connectivity index is 1.62. The van der Waals surface area contributed by atoms with Crippen molar-refractivity contribution in [3.8, 4) is 17.2 Å². The molecule has 3 heterocycles. The molecule has 0 bridgehead atoms. The molecule has 2 aromatic carbocycles. The Kier molecular flexibility index (Phi) is 4.82. The van der Waals surface area contributed by atoms with Gasteiger partial charge in [0.15, 0.2) is 0 Å². The average molecular weight is 429 g/mol. The number of rotatable bonds is 5. The van der Waals surface area contributed by atoms with Gasteiger partial charge in [-0.1, -0.05) is 24.3 Å². The molecule has 0 saturated carbocycles. The van der Waals surface area contributed by atoms with Gasteiger partial charge in [0.25, 0.3) is 5.56 Å². The van der Waals surface area contributed by atoms with E-state index in [9.17, 15) is 14.0 Å². The molecule has 0 amide bonds. The molecule has 0 saturated heterocycles. The Morgan fingerprint density at radius 2 is 1.75 bits per heavy atom. The van der Waals surface area contributed by atoms with Crippen molar-refractivity contribution in [2.45, 2.75) is 12.8 Å². The molecule has 3 aromatic heterocycles. The second-order valence-electron chi connectivity index (χ2n) is 7.68. The SMILES string of the molecule is Cn1cc(-c2[nH]n(-c3nc4ccccc4[nH]3)c(=O)c2CCc2ccc(F)cc2)ccc1=O. The molecule has 0 spiro atoms. The van der Waals surface area contributed by atoms with E-state index in [1.54, 1.807) is 31.4 Å². The lowest BCUT2D eigenvalue weighted by Crippen LogP contribution is -2.19. The summed E-state index contributed by atoms with van der Waals surface area (Å²) in [7, 11) is 1.67. The smallest absolute Gasteiger partial charge is 0.277 e. The molecule has 0 atom stereocenters. The first-order chi connectivity index (χ1) is 15.5. The van der Waals surface area contributed by atoms with Gasteiger partial charge < -0.3 is 9.55 Å². The number of aryl methyl sites for hydroxylation is 2. The zero-order valence-corrected chi connectivity index (χ0v) is 17.3. The van der Waals surface area contributed by atoms with Crippen LogP contribution in [0.5, 0.6) is 0 Å². The van der Waals surface area contributed by atoms with Crippen LogP contribution in [-0.4, -0.2) is 24.3 Å². The molecule has 7 nitrogen and oxygen atoms in total. The molecule has 8 heteroatoms. The van der Waals surface area contributed by atoms with Crippen LogP contribution in [0, 0.1) is 5.82 Å². The van der Waals surface area contributed by atoms with Gasteiger partial charge in [-0.3, -0.25) is 14.7 Å². The number of benzene rings is 2. The van der Waals surface area contributed by atoms with Crippen LogP contribution in [0.15, 0.2) is 76.4 Å². The summed E-state index contributed by atoms with van der Waals surface area (Å²) in [6.45, 7) is 0. The Morgan fingerprint density at radius 1 is 0.969 bits per heavy atom. The summed E-state index contributed by atoms with van der Waals surface area (Å²) in [6.07, 6.45) is 2.69. The van der Waals surface area contributed by atoms with Crippen LogP contribution in [0.4, 0.5) is 4.39 Å². The van der Waals surface area contributed by atoms with E-state index in [1.807, 2.05) is 24.3 Å². The minimum atomic E-state index is -0.298. The van der Waals surface area contributed by atoms with Crippen LogP contribution in [0.3, 0.4) is 0 Å². The monoisotopic (exact) mass is 429 g/mol. The summed E-state index contributed by atoms with van der Waals surface area (Å²) < 4.78 is 16.1. The van der Waals surface area contributed by atoms with E-state index in [-0.39, 0.29) is 16.9 Å². The Morgan fingerprint density at radius 3 is 2.50 bits per heavy atom. The molecule has 32 heavy (non-hydrogen) atoms. The fraction of sp³-hybridized carbons (Fsp3) is 0.125. The normalized spacial score (nSPS) is 11.3. The number of aromatic nitrogens is 5. The van der Waals surface area contributed by atoms with E-state index in [1.165, 1.54) is 27.4 Å². The maximum absolute atomic E-state index is 13.4. The van der Waals surface area contributed by atoms with Gasteiger partial charge in [0, 0.05) is 30.4 Å². The molecule has 160 valence electrons. The highest BCUT2D eigenvalue weighted by atomic mass is 19.1. The van der Waals surface area contributed by atoms with Gasteiger partial charge in [0.1, 0.15) is 5.82 Å². The zero-order chi connectivity index (χ0) is 22.2. The lowest BCUT2D eigenvalue weighted by atomic mass is 10.0. The second-order valence-corrected chi connectivity index (χ2v) is 7.68. The number of hydrogen-bond acceptors (Lipinski definition) is 3. The predicted molar refractivity (Wildman–Crippen MR) is 121 cm³/mol. The molecule has 0 unspecified atom stereocenters. The van der Waals surface area contributed by atoms with Crippen molar-refractivity contribution in [2.24, 2.45) is 7.05 Å². The number of hydrogen-bond donors (Lipinski definition) is 2. The first kappa shape index (κ1) is 19.7. The summed E-state index contributed by atoms with van der Waals surface area (Å²) in [4.78, 5) is 33.0. The number of nitrogens with zero attached hydrogens (tertiary/aromatic N) is 3. The first-order valence-electron chi connectivity index (χ1n) is 10.2. The van der Waals surface area contributed by atoms with Crippen molar-refractivity contribution < 1.29 is 4.39 Å². The number of H-pyrrole nitrogens is 2. The second kappa shape index (κ2) is 7.81. The van der Waals surface area contributed by atoms with Crippen molar-refractivity contribution in [1.82, 2.24) is 24.3 Å². The summed E-state index contributed by atoms with van der Waals surface area (Å²) in [5, 5.41) is 3.17. The number of nitrogens with one attached hydrogen (secondary N) is 2. The fourth-order valence-electron chi connectivity index (χ4n) is 3.80. The average Bonchev–Trinajstić information content (AvgIpc) is 3.36. The third-order valence-electron chi connectivity index (χ3n) is 5.53. The highest BCUT2D eigenvalue weighted by molar-refractivity contribution is 5.76. The molecular formula is C24H20FN5O2. The maximum atomic E-state index is 13.4. The standard InChI is InChI=1S/C24H20FN5O2/c1-29-14-16(9-13-21(29)31)22-18(12-8-15-6-10-17(25)11-7-15)23(32)30(28-22)24-26-19-4-2-3-5-20(19)27-24/h2-7,9-11,13-14,28H,8,12H2,1H3,(H,26,27). The number of aromatic amines is 2. The van der Waals surface area contributed by atoms with Crippen molar-refractivity contribution >= 4 is 11.0 Å². The molecular weight excluding hydrogens is 409 g/mol. The van der Waals surface area contributed by atoms with Gasteiger partial charge in [-0.25, -0.2) is 9.37 Å². The van der Waals surface area contributed by atoms with Gasteiger partial charge in [-0.15, -0.1) is 0 Å². The largest absolute Gasteiger partial charge is 0.322 e. The number of imidazole rings is 1. The van der Waals surface area contributed by atoms with E-state index < -0.39 is 0 Å². The van der Waals surface area contributed by atoms with Crippen molar-refractivity contribution in [2.75, 3.05) is 0 Å². The number of halogens is 1. The van der Waals surface area contributed by atoms with Gasteiger partial charge in [0.05, 0.1) is 16.7 Å². The highest BCUT2D eigenvalue weighted by Gasteiger charge is 2.19. The van der Waals surface area contributed by atoms with Crippen molar-refractivity contribution in [3.63, 3.8) is 0 Å². The Bertz CT molecular complexity index is 1510. The van der Waals surface area contributed by atoms with E-state index >= 15 is 0 Å². The summed E-state index contributed by atoms with van der Waals surface area (Å²) in [5.41, 5.74) is 4.03. The lowest BCUT2D eigenvalue weighted by Gasteiger charge is -2.05. The van der Waals surface area contributed by atoms with E-state index in [0.717, 1.165) is 16.6 Å². The van der Waals surface area contributed by atoms with Gasteiger partial charge in [0.2, 0.25) is 11.5 Å². The summed E-state index contributed by atoms with van der Waals surface area (Å²) in [6, 6.07) is 16.9. The Hall–Kier alpha value is -4.20. The lowest BCUT2D eigenvalue weighted by molar-refractivity contribution is 0.627. The molecule has 0 aliphatic heterocycles. The molecule has 0 aliphatic carbocycles. The summed E-state index contributed by atoms with van der Waals surface area (Å²) in [5.74, 6) is 0.0869. The number of pyridine rings is 1. The van der Waals surface area contributed by atoms with Crippen LogP contribution in [-0.2, 0) is 19.9 Å². The molecule has 0 fully saturated rings. The third-order valence-corrected chi connectivity index (χ3v) is 5.53. The minimum Gasteiger partial charge on any atom is -0.322 e. The maximum Gasteiger partial charge on any atom is 0.277 e. The van der Waals surface area contributed by atoms with E-state index in [4.69, 9.17) is 0 Å². The quantitative estimate of drug-likeness (QED) is 0.449. The van der Waals surface area contributed by atoms with E-state index in [0.29, 0.717) is 35.6 Å². The molecule has 0 radical (unpaired) electrons. The molecule has 2 N–H and O–H groups in total. The zero-order valence-electron chi connectivity index (χ0n) is 17.3. The van der Waals surface area contributed by atoms with Crippen molar-refractivity contribution in [3.05, 3.63) is 105 Å². The van der Waals surface area contributed by atoms with E-state index in [2.05, 4.69) is 15.1 Å². The first-order valence-corrected chi connectivity index (χ1v) is 10.2. The topological polar surface area (TPSA) is 88.5 Å². The van der Waals surface area contributed by atoms with Gasteiger partial charge in [-0.05, 0) is 48.7 Å². The number of para-hydroxylation sites is 2. The predicted octanol–water partition coefficient (Wildman–Crippen LogP) is 3.33. The van der Waals surface area contributed by atoms with Crippen molar-refractivity contribution in [1.29, 1.82) is 0 Å². The van der Waals surface area contributed by atoms with Crippen LogP contribution in [0.2, 0.25) is 0 Å². The highest BCUT2D eigenvalue weighted by Crippen LogP contribution is 2.22. The van der Waals surface area contributed by atoms with Crippen LogP contribution in [0.1, 0.15) is 11.1 Å². The number of fused-ring (bicyclic) bond motifs is 1. The van der Waals surface area contributed by atoms with Gasteiger partial charge in [-0.2, -0.15) is 4.68 Å². The third kappa shape index (κ3) is 3.56. The molecule has 0 aliphatic rings. The molecule has 5 aromatic rings. The summed E-state index contributed by atoms with van der Waals surface area (Å²) >= 11 is 0. The minimum absolute atomic E-state index is 0.138. The van der Waals surface area contributed by atoms with Gasteiger partial charge >= 0.3 is 0 Å². The van der Waals surface area contributed by atoms with Crippen LogP contribution < -0.4 is 11.1 Å². The van der Waals surface area contributed by atoms with Crippen LogP contribution >= 0.6 is 0 Å².